The smallest absolute Gasteiger partial charge is 0.383 e. The number of benzene rings is 1. The topological polar surface area (TPSA) is 12.0 Å². The maximum Gasteiger partial charge on any atom is 0.389 e. The molecule has 0 aliphatic rings. The van der Waals surface area contributed by atoms with E-state index in [0.717, 1.165) is 12.1 Å². The van der Waals surface area contributed by atoms with Gasteiger partial charge in [0.05, 0.1) is 5.69 Å². The highest BCUT2D eigenvalue weighted by molar-refractivity contribution is 5.46. The lowest BCUT2D eigenvalue weighted by Gasteiger charge is -2.10. The summed E-state index contributed by atoms with van der Waals surface area (Å²) < 4.78 is 61.8. The Kier molecular flexibility index (Phi) is 4.31. The Hall–Kier alpha value is -1.33. The van der Waals surface area contributed by atoms with E-state index in [-0.39, 0.29) is 24.2 Å². The van der Waals surface area contributed by atoms with Crippen molar-refractivity contribution in [1.29, 1.82) is 0 Å². The highest BCUT2D eigenvalue weighted by atomic mass is 19.4. The van der Waals surface area contributed by atoms with Gasteiger partial charge < -0.3 is 5.32 Å². The van der Waals surface area contributed by atoms with E-state index in [2.05, 4.69) is 5.32 Å². The Bertz CT molecular complexity index is 386. The SMILES string of the molecule is Cc1cc(F)c(NCCCC(F)(F)F)cc1F. The standard InChI is InChI=1S/C11H12F5N/c1-7-5-9(13)10(6-8(7)12)17-4-2-3-11(14,15)16/h5-6,17H,2-4H2,1H3. The van der Waals surface area contributed by atoms with Gasteiger partial charge in [-0.1, -0.05) is 0 Å². The van der Waals surface area contributed by atoms with E-state index in [4.69, 9.17) is 0 Å². The monoisotopic (exact) mass is 253 g/mol. The molecule has 1 aromatic carbocycles. The molecular formula is C11H12F5N. The molecule has 1 N–H and O–H groups in total. The van der Waals surface area contributed by atoms with E-state index in [1.54, 1.807) is 0 Å². The zero-order valence-corrected chi connectivity index (χ0v) is 9.17. The molecule has 0 aromatic heterocycles. The average molecular weight is 253 g/mol. The van der Waals surface area contributed by atoms with Gasteiger partial charge in [0.1, 0.15) is 11.6 Å². The first kappa shape index (κ1) is 13.7. The molecule has 96 valence electrons. The van der Waals surface area contributed by atoms with E-state index in [1.165, 1.54) is 6.92 Å². The fraction of sp³-hybridized carbons (Fsp3) is 0.455. The van der Waals surface area contributed by atoms with Crippen LogP contribution in [0.2, 0.25) is 0 Å². The maximum atomic E-state index is 13.2. The maximum absolute atomic E-state index is 13.2. The van der Waals surface area contributed by atoms with Crippen LogP contribution < -0.4 is 5.32 Å². The molecular weight excluding hydrogens is 241 g/mol. The normalized spacial score (nSPS) is 11.6. The van der Waals surface area contributed by atoms with Crippen molar-refractivity contribution in [3.05, 3.63) is 29.3 Å². The van der Waals surface area contributed by atoms with Crippen LogP contribution in [0.15, 0.2) is 12.1 Å². The first-order valence-corrected chi connectivity index (χ1v) is 5.06. The summed E-state index contributed by atoms with van der Waals surface area (Å²) in [5.74, 6) is -1.26. The lowest BCUT2D eigenvalue weighted by atomic mass is 10.2. The predicted molar refractivity (Wildman–Crippen MR) is 54.9 cm³/mol. The third kappa shape index (κ3) is 4.58. The number of alkyl halides is 3. The second-order valence-corrected chi connectivity index (χ2v) is 3.73. The number of hydrogen-bond donors (Lipinski definition) is 1. The van der Waals surface area contributed by atoms with Gasteiger partial charge in [0.25, 0.3) is 0 Å². The molecule has 6 heteroatoms. The van der Waals surface area contributed by atoms with Crippen molar-refractivity contribution in [2.24, 2.45) is 0 Å². The molecule has 0 saturated carbocycles. The number of halogens is 5. The van der Waals surface area contributed by atoms with Crippen molar-refractivity contribution in [3.63, 3.8) is 0 Å². The van der Waals surface area contributed by atoms with Crippen LogP contribution in [0.4, 0.5) is 27.6 Å². The molecule has 0 saturated heterocycles. The number of nitrogens with one attached hydrogen (secondary N) is 1. The van der Waals surface area contributed by atoms with E-state index in [0.29, 0.717) is 0 Å². The molecule has 1 aromatic rings. The highest BCUT2D eigenvalue weighted by Gasteiger charge is 2.25. The molecule has 0 unspecified atom stereocenters. The van der Waals surface area contributed by atoms with Gasteiger partial charge in [0, 0.05) is 19.0 Å². The Labute approximate surface area is 95.6 Å². The quantitative estimate of drug-likeness (QED) is 0.631. The highest BCUT2D eigenvalue weighted by Crippen LogP contribution is 2.22. The van der Waals surface area contributed by atoms with Gasteiger partial charge in [0.2, 0.25) is 0 Å². The molecule has 0 spiro atoms. The number of rotatable bonds is 4. The molecule has 0 bridgehead atoms. The van der Waals surface area contributed by atoms with Gasteiger partial charge in [-0.3, -0.25) is 0 Å². The van der Waals surface area contributed by atoms with Gasteiger partial charge in [-0.15, -0.1) is 0 Å². The summed E-state index contributed by atoms with van der Waals surface area (Å²) in [4.78, 5) is 0. The number of hydrogen-bond acceptors (Lipinski definition) is 1. The van der Waals surface area contributed by atoms with Gasteiger partial charge >= 0.3 is 6.18 Å². The Balaban J connectivity index is 2.50. The first-order valence-electron chi connectivity index (χ1n) is 5.06. The summed E-state index contributed by atoms with van der Waals surface area (Å²) in [7, 11) is 0. The molecule has 0 amide bonds. The molecule has 0 heterocycles. The van der Waals surface area contributed by atoms with Gasteiger partial charge in [-0.05, 0) is 25.0 Å². The van der Waals surface area contributed by atoms with Gasteiger partial charge in [0.15, 0.2) is 0 Å². The van der Waals surface area contributed by atoms with Crippen molar-refractivity contribution in [2.75, 3.05) is 11.9 Å². The van der Waals surface area contributed by atoms with E-state index >= 15 is 0 Å². The summed E-state index contributed by atoms with van der Waals surface area (Å²) in [6.45, 7) is 1.35. The molecule has 0 fully saturated rings. The summed E-state index contributed by atoms with van der Waals surface area (Å²) in [6.07, 6.45) is -5.35. The van der Waals surface area contributed by atoms with Crippen molar-refractivity contribution in [2.45, 2.75) is 25.9 Å². The first-order chi connectivity index (χ1) is 7.79. The van der Waals surface area contributed by atoms with Crippen molar-refractivity contribution in [1.82, 2.24) is 0 Å². The number of anilines is 1. The second-order valence-electron chi connectivity index (χ2n) is 3.73. The summed E-state index contributed by atoms with van der Waals surface area (Å²) in [6, 6.07) is 1.94. The Morgan fingerprint density at radius 3 is 2.35 bits per heavy atom. The fourth-order valence-electron chi connectivity index (χ4n) is 1.29. The molecule has 0 aliphatic heterocycles. The third-order valence-electron chi connectivity index (χ3n) is 2.20. The molecule has 0 radical (unpaired) electrons. The average Bonchev–Trinajstić information content (AvgIpc) is 2.18. The fourth-order valence-corrected chi connectivity index (χ4v) is 1.29. The predicted octanol–water partition coefficient (Wildman–Crippen LogP) is 4.03. The van der Waals surface area contributed by atoms with Crippen LogP contribution in [0.25, 0.3) is 0 Å². The van der Waals surface area contributed by atoms with Crippen LogP contribution in [-0.4, -0.2) is 12.7 Å². The molecule has 17 heavy (non-hydrogen) atoms. The zero-order chi connectivity index (χ0) is 13.1. The second kappa shape index (κ2) is 5.33. The van der Waals surface area contributed by atoms with Crippen LogP contribution in [0.1, 0.15) is 18.4 Å². The zero-order valence-electron chi connectivity index (χ0n) is 9.17. The molecule has 0 atom stereocenters. The Morgan fingerprint density at radius 1 is 1.12 bits per heavy atom. The van der Waals surface area contributed by atoms with Crippen LogP contribution in [-0.2, 0) is 0 Å². The summed E-state index contributed by atoms with van der Waals surface area (Å²) in [5, 5.41) is 2.44. The van der Waals surface area contributed by atoms with Gasteiger partial charge in [-0.2, -0.15) is 13.2 Å². The van der Waals surface area contributed by atoms with Crippen LogP contribution in [0.5, 0.6) is 0 Å². The van der Waals surface area contributed by atoms with Crippen molar-refractivity contribution >= 4 is 5.69 Å². The van der Waals surface area contributed by atoms with Crippen LogP contribution in [0, 0.1) is 18.6 Å². The minimum absolute atomic E-state index is 0.0566. The minimum Gasteiger partial charge on any atom is -0.383 e. The summed E-state index contributed by atoms with van der Waals surface area (Å²) >= 11 is 0. The van der Waals surface area contributed by atoms with E-state index in [9.17, 15) is 22.0 Å². The minimum atomic E-state index is -4.22. The molecule has 0 aliphatic carbocycles. The van der Waals surface area contributed by atoms with E-state index < -0.39 is 24.2 Å². The Morgan fingerprint density at radius 2 is 1.76 bits per heavy atom. The molecule has 1 rings (SSSR count). The van der Waals surface area contributed by atoms with Gasteiger partial charge in [-0.25, -0.2) is 8.78 Å². The molecule has 1 nitrogen and oxygen atoms in total. The van der Waals surface area contributed by atoms with Crippen molar-refractivity contribution in [3.8, 4) is 0 Å². The van der Waals surface area contributed by atoms with E-state index in [1.807, 2.05) is 0 Å². The largest absolute Gasteiger partial charge is 0.389 e. The van der Waals surface area contributed by atoms with Crippen LogP contribution >= 0.6 is 0 Å². The lowest BCUT2D eigenvalue weighted by Crippen LogP contribution is -2.11. The third-order valence-corrected chi connectivity index (χ3v) is 2.20. The lowest BCUT2D eigenvalue weighted by molar-refractivity contribution is -0.134. The summed E-state index contributed by atoms with van der Waals surface area (Å²) in [5.41, 5.74) is 0.0404. The van der Waals surface area contributed by atoms with Crippen LogP contribution in [0.3, 0.4) is 0 Å². The van der Waals surface area contributed by atoms with Crippen molar-refractivity contribution < 1.29 is 22.0 Å². The number of aryl methyl sites for hydroxylation is 1.